The summed E-state index contributed by atoms with van der Waals surface area (Å²) >= 11 is 0. The van der Waals surface area contributed by atoms with E-state index in [1.54, 1.807) is 0 Å². The standard InChI is InChI=1S/C47H31N5/c1-4-16-30(17-5-1)43-49-44(31-18-6-2-7-19-31)51-45(50-43)34-23-14-26-37-41(34)33-22-10-11-24-35(33)47(37)36-25-12-13-29-40(36)52-42-38(47)27-15-28-39(42)48-46(52)32-20-8-3-9-21-32/h1-29,43H,(H,49,50,51). The molecule has 1 spiro atoms. The van der Waals surface area contributed by atoms with Crippen molar-refractivity contribution in [2.45, 2.75) is 11.6 Å². The van der Waals surface area contributed by atoms with Crippen molar-refractivity contribution in [3.05, 3.63) is 215 Å². The summed E-state index contributed by atoms with van der Waals surface area (Å²) in [6.45, 7) is 0. The Morgan fingerprint density at radius 2 is 1.13 bits per heavy atom. The van der Waals surface area contributed by atoms with Gasteiger partial charge in [0.25, 0.3) is 0 Å². The van der Waals surface area contributed by atoms with Crippen molar-refractivity contribution in [1.82, 2.24) is 14.9 Å². The van der Waals surface area contributed by atoms with E-state index in [0.717, 1.165) is 50.6 Å². The lowest BCUT2D eigenvalue weighted by Gasteiger charge is -2.39. The fourth-order valence-corrected chi connectivity index (χ4v) is 8.79. The number of para-hydroxylation sites is 2. The number of rotatable bonds is 4. The minimum absolute atomic E-state index is 0.291. The zero-order valence-corrected chi connectivity index (χ0v) is 28.1. The molecule has 5 nitrogen and oxygen atoms in total. The van der Waals surface area contributed by atoms with E-state index in [0.29, 0.717) is 5.84 Å². The Hall–Kier alpha value is -6.85. The molecule has 7 aromatic carbocycles. The fourth-order valence-electron chi connectivity index (χ4n) is 8.79. The van der Waals surface area contributed by atoms with Gasteiger partial charge in [-0.05, 0) is 51.1 Å². The summed E-state index contributed by atoms with van der Waals surface area (Å²) in [5.74, 6) is 2.47. The van der Waals surface area contributed by atoms with Gasteiger partial charge in [-0.3, -0.25) is 4.57 Å². The summed E-state index contributed by atoms with van der Waals surface area (Å²) in [6, 6.07) is 62.4. The van der Waals surface area contributed by atoms with E-state index in [4.69, 9.17) is 15.0 Å². The highest BCUT2D eigenvalue weighted by Crippen LogP contribution is 2.61. The smallest absolute Gasteiger partial charge is 0.160 e. The molecule has 244 valence electrons. The van der Waals surface area contributed by atoms with Crippen molar-refractivity contribution in [2.75, 3.05) is 0 Å². The van der Waals surface area contributed by atoms with Crippen molar-refractivity contribution in [1.29, 1.82) is 0 Å². The third kappa shape index (κ3) is 3.96. The average molecular weight is 666 g/mol. The molecule has 2 atom stereocenters. The van der Waals surface area contributed by atoms with Crippen molar-refractivity contribution < 1.29 is 0 Å². The lowest BCUT2D eigenvalue weighted by molar-refractivity contribution is 0.674. The summed E-state index contributed by atoms with van der Waals surface area (Å²) < 4.78 is 2.38. The summed E-state index contributed by atoms with van der Waals surface area (Å²) in [4.78, 5) is 15.9. The minimum Gasteiger partial charge on any atom is -0.344 e. The zero-order chi connectivity index (χ0) is 34.2. The molecule has 52 heavy (non-hydrogen) atoms. The zero-order valence-electron chi connectivity index (χ0n) is 28.1. The number of fused-ring (bicyclic) bond motifs is 9. The van der Waals surface area contributed by atoms with E-state index in [1.807, 2.05) is 12.1 Å². The van der Waals surface area contributed by atoms with Crippen LogP contribution in [-0.2, 0) is 5.41 Å². The summed E-state index contributed by atoms with van der Waals surface area (Å²) in [5, 5.41) is 3.64. The Morgan fingerprint density at radius 1 is 0.519 bits per heavy atom. The SMILES string of the molecule is c1ccc(C2=NC(c3cccc4c3-c3ccccc3C43c4ccccc4-n4c(-c5ccccc5)nc5cccc3c54)=NC(c3ccccc3)N2)cc1. The lowest BCUT2D eigenvalue weighted by Crippen LogP contribution is -2.34. The van der Waals surface area contributed by atoms with Crippen LogP contribution in [-0.4, -0.2) is 21.2 Å². The molecule has 1 aliphatic carbocycles. The van der Waals surface area contributed by atoms with Crippen molar-refractivity contribution >= 4 is 22.7 Å². The molecular weight excluding hydrogens is 635 g/mol. The number of aromatic nitrogens is 2. The second kappa shape index (κ2) is 11.1. The largest absolute Gasteiger partial charge is 0.344 e. The molecule has 5 heteroatoms. The Kier molecular flexibility index (Phi) is 6.16. The molecule has 0 radical (unpaired) electrons. The predicted octanol–water partition coefficient (Wildman–Crippen LogP) is 9.86. The molecule has 2 aliphatic heterocycles. The number of nitrogens with one attached hydrogen (secondary N) is 1. The summed E-state index contributed by atoms with van der Waals surface area (Å²) in [5.41, 5.74) is 14.2. The molecule has 8 aromatic rings. The number of benzene rings is 7. The van der Waals surface area contributed by atoms with Crippen molar-refractivity contribution in [3.8, 4) is 28.2 Å². The van der Waals surface area contributed by atoms with Crippen molar-refractivity contribution in [3.63, 3.8) is 0 Å². The van der Waals surface area contributed by atoms with Crippen LogP contribution in [0.25, 0.3) is 39.2 Å². The molecule has 0 saturated carbocycles. The third-order valence-corrected chi connectivity index (χ3v) is 10.9. The second-order valence-electron chi connectivity index (χ2n) is 13.6. The van der Waals surface area contributed by atoms with Crippen LogP contribution in [0.2, 0.25) is 0 Å². The quantitative estimate of drug-likeness (QED) is 0.204. The normalized spacial score (nSPS) is 17.9. The molecule has 11 rings (SSSR count). The van der Waals surface area contributed by atoms with Crippen LogP contribution in [0.5, 0.6) is 0 Å². The van der Waals surface area contributed by atoms with Crippen LogP contribution in [0, 0.1) is 0 Å². The summed E-state index contributed by atoms with van der Waals surface area (Å²) in [7, 11) is 0. The van der Waals surface area contributed by atoms with E-state index < -0.39 is 5.41 Å². The number of hydrogen-bond acceptors (Lipinski definition) is 4. The van der Waals surface area contributed by atoms with E-state index in [-0.39, 0.29) is 6.17 Å². The number of imidazole rings is 1. The lowest BCUT2D eigenvalue weighted by atomic mass is 9.65. The molecule has 0 fully saturated rings. The maximum Gasteiger partial charge on any atom is 0.160 e. The first-order chi connectivity index (χ1) is 25.8. The van der Waals surface area contributed by atoms with Crippen LogP contribution >= 0.6 is 0 Å². The van der Waals surface area contributed by atoms with Crippen molar-refractivity contribution in [2.24, 2.45) is 9.98 Å². The molecule has 0 bridgehead atoms. The van der Waals surface area contributed by atoms with E-state index in [1.165, 1.54) is 33.4 Å². The first-order valence-electron chi connectivity index (χ1n) is 17.7. The summed E-state index contributed by atoms with van der Waals surface area (Å²) in [6.07, 6.45) is -0.291. The van der Waals surface area contributed by atoms with Crippen LogP contribution in [0.4, 0.5) is 0 Å². The van der Waals surface area contributed by atoms with Gasteiger partial charge in [0.1, 0.15) is 17.8 Å². The second-order valence-corrected chi connectivity index (χ2v) is 13.6. The monoisotopic (exact) mass is 665 g/mol. The Morgan fingerprint density at radius 3 is 1.94 bits per heavy atom. The number of nitrogens with zero attached hydrogens (tertiary/aromatic N) is 4. The predicted molar refractivity (Wildman–Crippen MR) is 209 cm³/mol. The Labute approximate surface area is 301 Å². The van der Waals surface area contributed by atoms with E-state index >= 15 is 0 Å². The Balaban J connectivity index is 1.22. The maximum absolute atomic E-state index is 5.34. The minimum atomic E-state index is -0.583. The van der Waals surface area contributed by atoms with Gasteiger partial charge in [-0.15, -0.1) is 0 Å². The molecule has 1 N–H and O–H groups in total. The van der Waals surface area contributed by atoms with Gasteiger partial charge in [0.05, 0.1) is 22.1 Å². The van der Waals surface area contributed by atoms with Crippen LogP contribution < -0.4 is 5.32 Å². The highest BCUT2D eigenvalue weighted by Gasteiger charge is 2.51. The van der Waals surface area contributed by atoms with Gasteiger partial charge in [0, 0.05) is 16.7 Å². The highest BCUT2D eigenvalue weighted by molar-refractivity contribution is 6.16. The van der Waals surface area contributed by atoms with Crippen LogP contribution in [0.1, 0.15) is 45.1 Å². The number of aliphatic imine (C=N–C) groups is 2. The van der Waals surface area contributed by atoms with Gasteiger partial charge in [-0.1, -0.05) is 164 Å². The van der Waals surface area contributed by atoms with Gasteiger partial charge in [0.15, 0.2) is 5.84 Å². The molecule has 0 amide bonds. The van der Waals surface area contributed by atoms with Gasteiger partial charge in [-0.25, -0.2) is 15.0 Å². The molecule has 2 unspecified atom stereocenters. The topological polar surface area (TPSA) is 54.6 Å². The van der Waals surface area contributed by atoms with Gasteiger partial charge < -0.3 is 5.32 Å². The van der Waals surface area contributed by atoms with Gasteiger partial charge in [-0.2, -0.15) is 0 Å². The van der Waals surface area contributed by atoms with E-state index in [2.05, 4.69) is 174 Å². The molecule has 3 aliphatic rings. The fraction of sp³-hybridized carbons (Fsp3) is 0.0426. The molecule has 3 heterocycles. The number of hydrogen-bond donors (Lipinski definition) is 1. The van der Waals surface area contributed by atoms with Gasteiger partial charge in [0.2, 0.25) is 0 Å². The first-order valence-corrected chi connectivity index (χ1v) is 17.7. The maximum atomic E-state index is 5.34. The first kappa shape index (κ1) is 28.9. The third-order valence-electron chi connectivity index (χ3n) is 10.9. The number of amidine groups is 2. The van der Waals surface area contributed by atoms with Crippen LogP contribution in [0.15, 0.2) is 186 Å². The highest BCUT2D eigenvalue weighted by atomic mass is 15.2. The average Bonchev–Trinajstić information content (AvgIpc) is 3.76. The van der Waals surface area contributed by atoms with Gasteiger partial charge >= 0.3 is 0 Å². The molecular formula is C47H31N5. The molecule has 1 aromatic heterocycles. The van der Waals surface area contributed by atoms with Crippen LogP contribution in [0.3, 0.4) is 0 Å². The van der Waals surface area contributed by atoms with E-state index in [9.17, 15) is 0 Å². The Bertz CT molecular complexity index is 2760. The molecule has 0 saturated heterocycles.